The van der Waals surface area contributed by atoms with Gasteiger partial charge in [-0.1, -0.05) is 23.2 Å². The minimum Gasteiger partial charge on any atom is -0.547 e. The molecule has 0 aliphatic rings. The molecule has 0 rings (SSSR count). The molecule has 0 aromatic carbocycles. The van der Waals surface area contributed by atoms with Crippen LogP contribution in [-0.2, 0) is 4.79 Å². The van der Waals surface area contributed by atoms with E-state index in [1.165, 1.54) is 0 Å². The van der Waals surface area contributed by atoms with Gasteiger partial charge in [0.05, 0.1) is 5.97 Å². The Morgan fingerprint density at radius 1 is 1.57 bits per heavy atom. The van der Waals surface area contributed by atoms with Crippen molar-refractivity contribution in [2.75, 3.05) is 0 Å². The van der Waals surface area contributed by atoms with Crippen LogP contribution in [0, 0.1) is 0 Å². The topological polar surface area (TPSA) is 40.1 Å². The number of aliphatic carboxylic acids is 1. The predicted molar refractivity (Wildman–Crippen MR) is 20.5 cm³/mol. The summed E-state index contributed by atoms with van der Waals surface area (Å²) < 4.78 is 0. The Kier molecular flexibility index (Phi) is 7.26. The van der Waals surface area contributed by atoms with Gasteiger partial charge < -0.3 is 9.90 Å². The molecule has 0 unspecified atom stereocenters. The Morgan fingerprint density at radius 2 is 1.71 bits per heavy atom. The van der Waals surface area contributed by atoms with Crippen molar-refractivity contribution < 1.29 is 28.8 Å². The third-order valence-electron chi connectivity index (χ3n) is 0.178. The molecular formula is C2HCl2LiO2. The number of carboxylic acid groups (broad SMARTS) is 1. The molecule has 0 radical (unpaired) electrons. The second-order valence-electron chi connectivity index (χ2n) is 0.620. The second kappa shape index (κ2) is 4.80. The molecule has 7 heavy (non-hydrogen) atoms. The van der Waals surface area contributed by atoms with Crippen LogP contribution < -0.4 is 24.0 Å². The summed E-state index contributed by atoms with van der Waals surface area (Å²) in [5.41, 5.74) is 0. The molecule has 0 saturated heterocycles. The van der Waals surface area contributed by atoms with Gasteiger partial charge in [-0.25, -0.2) is 0 Å². The van der Waals surface area contributed by atoms with Gasteiger partial charge in [-0.15, -0.1) is 0 Å². The van der Waals surface area contributed by atoms with E-state index in [0.29, 0.717) is 0 Å². The van der Waals surface area contributed by atoms with Crippen LogP contribution in [0.4, 0.5) is 0 Å². The number of halogens is 2. The van der Waals surface area contributed by atoms with Gasteiger partial charge in [-0.3, -0.25) is 0 Å². The van der Waals surface area contributed by atoms with Gasteiger partial charge >= 0.3 is 18.9 Å². The van der Waals surface area contributed by atoms with Crippen molar-refractivity contribution in [1.29, 1.82) is 0 Å². The number of carbonyl (C=O) groups excluding carboxylic acids is 1. The van der Waals surface area contributed by atoms with E-state index in [-0.39, 0.29) is 18.9 Å². The fourth-order valence-corrected chi connectivity index (χ4v) is 0. The minimum atomic E-state index is -1.46. The quantitative estimate of drug-likeness (QED) is 0.277. The Bertz CT molecular complexity index is 64.7. The Hall–Kier alpha value is 0.647. The van der Waals surface area contributed by atoms with Crippen LogP contribution in [0.5, 0.6) is 0 Å². The molecule has 5 heteroatoms. The molecule has 0 heterocycles. The molecule has 0 aliphatic carbocycles. The molecule has 0 fully saturated rings. The van der Waals surface area contributed by atoms with Crippen molar-refractivity contribution in [3.63, 3.8) is 0 Å². The largest absolute Gasteiger partial charge is 1.00 e. The number of rotatable bonds is 1. The van der Waals surface area contributed by atoms with Crippen molar-refractivity contribution in [3.05, 3.63) is 0 Å². The SMILES string of the molecule is O=C([O-])C(Cl)Cl.[Li+]. The molecule has 2 nitrogen and oxygen atoms in total. The van der Waals surface area contributed by atoms with E-state index in [1.807, 2.05) is 0 Å². The van der Waals surface area contributed by atoms with E-state index < -0.39 is 10.8 Å². The first-order valence-corrected chi connectivity index (χ1v) is 2.01. The van der Waals surface area contributed by atoms with Crippen LogP contribution in [0.1, 0.15) is 0 Å². The second-order valence-corrected chi connectivity index (χ2v) is 1.72. The van der Waals surface area contributed by atoms with E-state index in [9.17, 15) is 9.90 Å². The maximum atomic E-state index is 9.32. The molecule has 0 aromatic rings. The number of hydrogen-bond acceptors (Lipinski definition) is 2. The standard InChI is InChI=1S/C2H2Cl2O2.Li/c3-1(4)2(5)6;/h1H,(H,5,6);/q;+1/p-1. The van der Waals surface area contributed by atoms with Crippen molar-refractivity contribution in [3.8, 4) is 0 Å². The van der Waals surface area contributed by atoms with E-state index in [2.05, 4.69) is 0 Å². The van der Waals surface area contributed by atoms with E-state index in [0.717, 1.165) is 0 Å². The fraction of sp³-hybridized carbons (Fsp3) is 0.500. The van der Waals surface area contributed by atoms with Crippen LogP contribution in [0.25, 0.3) is 0 Å². The zero-order valence-corrected chi connectivity index (χ0v) is 5.16. The zero-order valence-electron chi connectivity index (χ0n) is 3.65. The van der Waals surface area contributed by atoms with E-state index in [4.69, 9.17) is 23.2 Å². The maximum absolute atomic E-state index is 9.32. The molecule has 0 bridgehead atoms. The molecular weight excluding hydrogens is 134 g/mol. The Labute approximate surface area is 63.0 Å². The normalized spacial score (nSPS) is 7.86. The summed E-state index contributed by atoms with van der Waals surface area (Å²) in [6.07, 6.45) is 0. The minimum absolute atomic E-state index is 0. The molecule has 0 amide bonds. The number of carbonyl (C=O) groups is 1. The zero-order chi connectivity index (χ0) is 5.15. The first kappa shape index (κ1) is 10.6. The van der Waals surface area contributed by atoms with E-state index >= 15 is 0 Å². The Balaban J connectivity index is 0. The average Bonchev–Trinajstić information content (AvgIpc) is 1.36. The van der Waals surface area contributed by atoms with Crippen molar-refractivity contribution in [2.24, 2.45) is 0 Å². The fourth-order valence-electron chi connectivity index (χ4n) is 0. The van der Waals surface area contributed by atoms with Gasteiger partial charge in [0.1, 0.15) is 4.84 Å². The van der Waals surface area contributed by atoms with Crippen molar-refractivity contribution in [2.45, 2.75) is 4.84 Å². The molecule has 0 aromatic heterocycles. The van der Waals surface area contributed by atoms with Gasteiger partial charge in [0.25, 0.3) is 0 Å². The van der Waals surface area contributed by atoms with E-state index in [1.54, 1.807) is 0 Å². The molecule has 0 spiro atoms. The van der Waals surface area contributed by atoms with Crippen LogP contribution >= 0.6 is 23.2 Å². The summed E-state index contributed by atoms with van der Waals surface area (Å²) in [5, 5.41) is 9.32. The van der Waals surface area contributed by atoms with Gasteiger partial charge in [0.2, 0.25) is 0 Å². The summed E-state index contributed by atoms with van der Waals surface area (Å²) >= 11 is 9.43. The third kappa shape index (κ3) is 6.65. The van der Waals surface area contributed by atoms with Crippen LogP contribution in [0.15, 0.2) is 0 Å². The molecule has 36 valence electrons. The molecule has 0 aliphatic heterocycles. The smallest absolute Gasteiger partial charge is 0.547 e. The first-order valence-electron chi connectivity index (χ1n) is 1.13. The summed E-state index contributed by atoms with van der Waals surface area (Å²) in [5.74, 6) is -1.46. The number of hydrogen-bond donors (Lipinski definition) is 0. The average molecular weight is 135 g/mol. The summed E-state index contributed by atoms with van der Waals surface area (Å²) in [6, 6.07) is 0. The predicted octanol–water partition coefficient (Wildman–Crippen LogP) is -3.46. The maximum Gasteiger partial charge on any atom is 1.00 e. The summed E-state index contributed by atoms with van der Waals surface area (Å²) in [7, 11) is 0. The Morgan fingerprint density at radius 3 is 1.71 bits per heavy atom. The van der Waals surface area contributed by atoms with Gasteiger partial charge in [-0.05, 0) is 0 Å². The summed E-state index contributed by atoms with van der Waals surface area (Å²) in [6.45, 7) is 0. The molecule has 0 N–H and O–H groups in total. The molecule has 0 atom stereocenters. The van der Waals surface area contributed by atoms with Gasteiger partial charge in [0.15, 0.2) is 0 Å². The molecule has 0 saturated carbocycles. The number of carboxylic acids is 1. The first-order chi connectivity index (χ1) is 2.64. The van der Waals surface area contributed by atoms with Crippen LogP contribution in [0.3, 0.4) is 0 Å². The van der Waals surface area contributed by atoms with Gasteiger partial charge in [0, 0.05) is 0 Å². The summed E-state index contributed by atoms with van der Waals surface area (Å²) in [4.78, 5) is 7.93. The van der Waals surface area contributed by atoms with Crippen LogP contribution in [0.2, 0.25) is 0 Å². The van der Waals surface area contributed by atoms with Crippen molar-refractivity contribution >= 4 is 29.2 Å². The van der Waals surface area contributed by atoms with Gasteiger partial charge in [-0.2, -0.15) is 0 Å². The third-order valence-corrected chi connectivity index (χ3v) is 0.535. The van der Waals surface area contributed by atoms with Crippen molar-refractivity contribution in [1.82, 2.24) is 0 Å². The number of alkyl halides is 2. The monoisotopic (exact) mass is 134 g/mol. The van der Waals surface area contributed by atoms with Crippen LogP contribution in [-0.4, -0.2) is 10.8 Å².